The van der Waals surface area contributed by atoms with E-state index in [0.29, 0.717) is 18.1 Å². The normalized spacial score (nSPS) is 10.4. The quantitative estimate of drug-likeness (QED) is 0.774. The molecule has 3 N–H and O–H groups in total. The number of ether oxygens (including phenoxy) is 1. The second-order valence-electron chi connectivity index (χ2n) is 4.79. The van der Waals surface area contributed by atoms with E-state index in [9.17, 15) is 4.79 Å². The van der Waals surface area contributed by atoms with Crippen LogP contribution < -0.4 is 16.0 Å². The van der Waals surface area contributed by atoms with Crippen molar-refractivity contribution < 1.29 is 4.74 Å². The molecule has 0 aliphatic carbocycles. The monoisotopic (exact) mass is 293 g/mol. The number of nitrogens with one attached hydrogen (secondary N) is 1. The molecule has 0 bridgehead atoms. The Kier molecular flexibility index (Phi) is 3.87. The van der Waals surface area contributed by atoms with Crippen LogP contribution in [0.15, 0.2) is 65.5 Å². The SMILES string of the molecule is Nc1nc(-c2ccccc2OCc2ccccc2)cc(=O)[nH]1. The van der Waals surface area contributed by atoms with Gasteiger partial charge in [-0.1, -0.05) is 42.5 Å². The van der Waals surface area contributed by atoms with E-state index in [0.717, 1.165) is 11.1 Å². The predicted molar refractivity (Wildman–Crippen MR) is 85.5 cm³/mol. The topological polar surface area (TPSA) is 81.0 Å². The molecule has 3 aromatic rings. The molecule has 0 amide bonds. The molecule has 5 heteroatoms. The Bertz CT molecular complexity index is 829. The number of nitrogen functional groups attached to an aromatic ring is 1. The molecule has 1 aromatic heterocycles. The molecule has 0 fully saturated rings. The third-order valence-electron chi connectivity index (χ3n) is 3.16. The Morgan fingerprint density at radius 1 is 1.05 bits per heavy atom. The van der Waals surface area contributed by atoms with Gasteiger partial charge in [0.25, 0.3) is 5.56 Å². The van der Waals surface area contributed by atoms with Gasteiger partial charge in [-0.3, -0.25) is 9.78 Å². The fourth-order valence-electron chi connectivity index (χ4n) is 2.15. The average Bonchev–Trinajstić information content (AvgIpc) is 2.53. The highest BCUT2D eigenvalue weighted by Gasteiger charge is 2.09. The van der Waals surface area contributed by atoms with Gasteiger partial charge in [0, 0.05) is 11.6 Å². The lowest BCUT2D eigenvalue weighted by Crippen LogP contribution is -2.10. The summed E-state index contributed by atoms with van der Waals surface area (Å²) >= 11 is 0. The summed E-state index contributed by atoms with van der Waals surface area (Å²) < 4.78 is 5.86. The lowest BCUT2D eigenvalue weighted by atomic mass is 10.1. The fourth-order valence-corrected chi connectivity index (χ4v) is 2.15. The van der Waals surface area contributed by atoms with Gasteiger partial charge >= 0.3 is 0 Å². The van der Waals surface area contributed by atoms with Gasteiger partial charge in [-0.05, 0) is 17.7 Å². The van der Waals surface area contributed by atoms with Crippen LogP contribution in [-0.4, -0.2) is 9.97 Å². The first kappa shape index (κ1) is 13.9. The van der Waals surface area contributed by atoms with Crippen molar-refractivity contribution in [1.82, 2.24) is 9.97 Å². The third-order valence-corrected chi connectivity index (χ3v) is 3.16. The molecule has 0 saturated heterocycles. The summed E-state index contributed by atoms with van der Waals surface area (Å²) in [4.78, 5) is 18.1. The first-order chi connectivity index (χ1) is 10.7. The summed E-state index contributed by atoms with van der Waals surface area (Å²) in [7, 11) is 0. The van der Waals surface area contributed by atoms with Crippen LogP contribution in [0.1, 0.15) is 5.56 Å². The Hall–Kier alpha value is -3.08. The molecule has 0 saturated carbocycles. The molecule has 1 heterocycles. The van der Waals surface area contributed by atoms with E-state index in [1.54, 1.807) is 0 Å². The molecule has 2 aromatic carbocycles. The number of benzene rings is 2. The highest BCUT2D eigenvalue weighted by atomic mass is 16.5. The molecule has 0 atom stereocenters. The number of anilines is 1. The zero-order chi connectivity index (χ0) is 15.4. The summed E-state index contributed by atoms with van der Waals surface area (Å²) in [6.07, 6.45) is 0. The molecule has 22 heavy (non-hydrogen) atoms. The largest absolute Gasteiger partial charge is 0.488 e. The van der Waals surface area contributed by atoms with E-state index in [1.165, 1.54) is 6.07 Å². The predicted octanol–water partition coefficient (Wildman–Crippen LogP) is 2.60. The van der Waals surface area contributed by atoms with Crippen molar-refractivity contribution in [3.05, 3.63) is 76.6 Å². The number of nitrogens with zero attached hydrogens (tertiary/aromatic N) is 1. The molecule has 110 valence electrons. The van der Waals surface area contributed by atoms with Gasteiger partial charge in [-0.25, -0.2) is 4.98 Å². The minimum absolute atomic E-state index is 0.0837. The van der Waals surface area contributed by atoms with Crippen molar-refractivity contribution >= 4 is 5.95 Å². The highest BCUT2D eigenvalue weighted by molar-refractivity contribution is 5.67. The van der Waals surface area contributed by atoms with Crippen molar-refractivity contribution in [2.75, 3.05) is 5.73 Å². The van der Waals surface area contributed by atoms with Gasteiger partial charge < -0.3 is 10.5 Å². The van der Waals surface area contributed by atoms with Gasteiger partial charge in [-0.15, -0.1) is 0 Å². The van der Waals surface area contributed by atoms with Crippen LogP contribution in [0.5, 0.6) is 5.75 Å². The Labute approximate surface area is 127 Å². The molecular formula is C17H15N3O2. The van der Waals surface area contributed by atoms with Crippen LogP contribution in [0.3, 0.4) is 0 Å². The Morgan fingerprint density at radius 3 is 2.55 bits per heavy atom. The molecule has 0 unspecified atom stereocenters. The van der Waals surface area contributed by atoms with Crippen LogP contribution >= 0.6 is 0 Å². The van der Waals surface area contributed by atoms with Crippen molar-refractivity contribution in [2.45, 2.75) is 6.61 Å². The Morgan fingerprint density at radius 2 is 1.77 bits per heavy atom. The van der Waals surface area contributed by atoms with Crippen molar-refractivity contribution in [3.8, 4) is 17.0 Å². The first-order valence-electron chi connectivity index (χ1n) is 6.85. The summed E-state index contributed by atoms with van der Waals surface area (Å²) in [6, 6.07) is 18.7. The molecule has 0 aliphatic heterocycles. The number of H-pyrrole nitrogens is 1. The number of aromatic nitrogens is 2. The number of aromatic amines is 1. The van der Waals surface area contributed by atoms with Gasteiger partial charge in [0.1, 0.15) is 12.4 Å². The van der Waals surface area contributed by atoms with Crippen molar-refractivity contribution in [3.63, 3.8) is 0 Å². The molecule has 0 aliphatic rings. The van der Waals surface area contributed by atoms with Gasteiger partial charge in [-0.2, -0.15) is 0 Å². The molecule has 0 spiro atoms. The van der Waals surface area contributed by atoms with E-state index in [2.05, 4.69) is 9.97 Å². The van der Waals surface area contributed by atoms with Gasteiger partial charge in [0.2, 0.25) is 5.95 Å². The lowest BCUT2D eigenvalue weighted by Gasteiger charge is -2.11. The third kappa shape index (κ3) is 3.15. The van der Waals surface area contributed by atoms with Crippen LogP contribution in [-0.2, 0) is 6.61 Å². The Balaban J connectivity index is 1.91. The maximum atomic E-state index is 11.6. The average molecular weight is 293 g/mol. The molecule has 0 radical (unpaired) electrons. The standard InChI is InChI=1S/C17H15N3O2/c18-17-19-14(10-16(21)20-17)13-8-4-5-9-15(13)22-11-12-6-2-1-3-7-12/h1-10H,11H2,(H3,18,19,20,21). The molecule has 5 nitrogen and oxygen atoms in total. The molecular weight excluding hydrogens is 278 g/mol. The van der Waals surface area contributed by atoms with Crippen LogP contribution in [0.25, 0.3) is 11.3 Å². The number of nitrogens with two attached hydrogens (primary N) is 1. The second-order valence-corrected chi connectivity index (χ2v) is 4.79. The van der Waals surface area contributed by atoms with Crippen molar-refractivity contribution in [1.29, 1.82) is 0 Å². The number of hydrogen-bond donors (Lipinski definition) is 2. The van der Waals surface area contributed by atoms with Crippen LogP contribution in [0, 0.1) is 0 Å². The smallest absolute Gasteiger partial charge is 0.252 e. The second kappa shape index (κ2) is 6.13. The molecule has 3 rings (SSSR count). The van der Waals surface area contributed by atoms with Crippen LogP contribution in [0.4, 0.5) is 5.95 Å². The van der Waals surface area contributed by atoms with E-state index in [-0.39, 0.29) is 11.5 Å². The first-order valence-corrected chi connectivity index (χ1v) is 6.85. The summed E-state index contributed by atoms with van der Waals surface area (Å²) in [5.41, 5.74) is 7.60. The zero-order valence-electron chi connectivity index (χ0n) is 11.8. The highest BCUT2D eigenvalue weighted by Crippen LogP contribution is 2.28. The van der Waals surface area contributed by atoms with Gasteiger partial charge in [0.05, 0.1) is 5.69 Å². The van der Waals surface area contributed by atoms with E-state index < -0.39 is 0 Å². The van der Waals surface area contributed by atoms with E-state index >= 15 is 0 Å². The van der Waals surface area contributed by atoms with Crippen LogP contribution in [0.2, 0.25) is 0 Å². The van der Waals surface area contributed by atoms with E-state index in [4.69, 9.17) is 10.5 Å². The van der Waals surface area contributed by atoms with Gasteiger partial charge in [0.15, 0.2) is 0 Å². The van der Waals surface area contributed by atoms with Crippen molar-refractivity contribution in [2.24, 2.45) is 0 Å². The maximum Gasteiger partial charge on any atom is 0.252 e. The summed E-state index contributed by atoms with van der Waals surface area (Å²) in [6.45, 7) is 0.441. The number of rotatable bonds is 4. The van der Waals surface area contributed by atoms with E-state index in [1.807, 2.05) is 54.6 Å². The number of hydrogen-bond acceptors (Lipinski definition) is 4. The number of para-hydroxylation sites is 1. The fraction of sp³-hybridized carbons (Fsp3) is 0.0588. The lowest BCUT2D eigenvalue weighted by molar-refractivity contribution is 0.307. The summed E-state index contributed by atoms with van der Waals surface area (Å²) in [5, 5.41) is 0. The summed E-state index contributed by atoms with van der Waals surface area (Å²) in [5.74, 6) is 0.740. The zero-order valence-corrected chi connectivity index (χ0v) is 11.8. The minimum atomic E-state index is -0.291. The minimum Gasteiger partial charge on any atom is -0.488 e. The maximum absolute atomic E-state index is 11.6.